The summed E-state index contributed by atoms with van der Waals surface area (Å²) in [6.07, 6.45) is 5.35. The smallest absolute Gasteiger partial charge is 0.251 e. The molecule has 5 heteroatoms. The maximum Gasteiger partial charge on any atom is 0.251 e. The van der Waals surface area contributed by atoms with Crippen molar-refractivity contribution in [3.63, 3.8) is 0 Å². The van der Waals surface area contributed by atoms with Crippen molar-refractivity contribution in [3.8, 4) is 0 Å². The molecule has 1 fully saturated rings. The summed E-state index contributed by atoms with van der Waals surface area (Å²) in [4.78, 5) is 23.8. The van der Waals surface area contributed by atoms with Gasteiger partial charge in [0.25, 0.3) is 5.91 Å². The molecule has 2 amide bonds. The maximum absolute atomic E-state index is 11.9. The number of rotatable bonds is 5. The van der Waals surface area contributed by atoms with Gasteiger partial charge in [-0.3, -0.25) is 9.59 Å². The Kier molecular flexibility index (Phi) is 5.30. The highest BCUT2D eigenvalue weighted by molar-refractivity contribution is 14.1. The molecule has 0 aliphatic heterocycles. The summed E-state index contributed by atoms with van der Waals surface area (Å²) in [5.41, 5.74) is 2.27. The highest BCUT2D eigenvalue weighted by Gasteiger charge is 2.23. The minimum absolute atomic E-state index is 0.0375. The van der Waals surface area contributed by atoms with E-state index in [1.54, 1.807) is 18.2 Å². The lowest BCUT2D eigenvalue weighted by atomic mass is 10.1. The zero-order valence-electron chi connectivity index (χ0n) is 13.0. The Labute approximate surface area is 154 Å². The van der Waals surface area contributed by atoms with Crippen LogP contribution in [0.15, 0.2) is 54.6 Å². The summed E-state index contributed by atoms with van der Waals surface area (Å²) < 4.78 is 1.12. The Morgan fingerprint density at radius 1 is 1.00 bits per heavy atom. The van der Waals surface area contributed by atoms with Gasteiger partial charge in [-0.1, -0.05) is 12.1 Å². The van der Waals surface area contributed by atoms with Crippen LogP contribution in [0.4, 0.5) is 5.69 Å². The molecule has 2 N–H and O–H groups in total. The maximum atomic E-state index is 11.9. The Hall–Kier alpha value is -2.15. The summed E-state index contributed by atoms with van der Waals surface area (Å²) in [5, 5.41) is 5.75. The average Bonchev–Trinajstić information content (AvgIpc) is 3.39. The van der Waals surface area contributed by atoms with E-state index in [9.17, 15) is 9.59 Å². The van der Waals surface area contributed by atoms with Crippen LogP contribution in [0.2, 0.25) is 0 Å². The van der Waals surface area contributed by atoms with E-state index in [0.29, 0.717) is 11.6 Å². The zero-order valence-corrected chi connectivity index (χ0v) is 15.1. The quantitative estimate of drug-likeness (QED) is 0.558. The van der Waals surface area contributed by atoms with Gasteiger partial charge in [0, 0.05) is 26.9 Å². The molecule has 3 rings (SSSR count). The fourth-order valence-corrected chi connectivity index (χ4v) is 2.49. The highest BCUT2D eigenvalue weighted by Crippen LogP contribution is 2.19. The summed E-state index contributed by atoms with van der Waals surface area (Å²) in [6, 6.07) is 15.1. The van der Waals surface area contributed by atoms with E-state index in [2.05, 4.69) is 33.2 Å². The first kappa shape index (κ1) is 16.7. The first-order valence-electron chi connectivity index (χ1n) is 7.76. The number of amides is 2. The molecule has 0 spiro atoms. The van der Waals surface area contributed by atoms with Gasteiger partial charge in [-0.15, -0.1) is 0 Å². The summed E-state index contributed by atoms with van der Waals surface area (Å²) in [7, 11) is 0. The number of halogens is 1. The number of carbonyl (C=O) groups is 2. The Balaban J connectivity index is 1.56. The molecule has 1 aliphatic rings. The number of hydrogen-bond donors (Lipinski definition) is 2. The van der Waals surface area contributed by atoms with Gasteiger partial charge in [-0.2, -0.15) is 0 Å². The van der Waals surface area contributed by atoms with Crippen molar-refractivity contribution < 1.29 is 9.59 Å². The standard InChI is InChI=1S/C19H17IN2O2/c20-15-6-8-16(9-7-15)21-18(23)12-3-13-1-4-14(5-2-13)19(24)22-17-10-11-17/h1-9,12,17H,10-11H2,(H,21,23)(H,22,24)/b12-3+. The summed E-state index contributed by atoms with van der Waals surface area (Å²) in [5.74, 6) is -0.226. The fourth-order valence-electron chi connectivity index (χ4n) is 2.13. The van der Waals surface area contributed by atoms with Gasteiger partial charge in [0.15, 0.2) is 0 Å². The van der Waals surface area contributed by atoms with Crippen LogP contribution < -0.4 is 10.6 Å². The molecule has 0 heterocycles. The van der Waals surface area contributed by atoms with Crippen LogP contribution in [-0.4, -0.2) is 17.9 Å². The van der Waals surface area contributed by atoms with Crippen molar-refractivity contribution in [2.75, 3.05) is 5.32 Å². The number of carbonyl (C=O) groups excluding carboxylic acids is 2. The van der Waals surface area contributed by atoms with Crippen molar-refractivity contribution in [1.82, 2.24) is 5.32 Å². The lowest BCUT2D eigenvalue weighted by molar-refractivity contribution is -0.111. The van der Waals surface area contributed by atoms with Crippen LogP contribution in [0.25, 0.3) is 6.08 Å². The van der Waals surface area contributed by atoms with Crippen LogP contribution in [0.1, 0.15) is 28.8 Å². The van der Waals surface area contributed by atoms with Gasteiger partial charge in [0.1, 0.15) is 0 Å². The number of hydrogen-bond acceptors (Lipinski definition) is 2. The summed E-state index contributed by atoms with van der Waals surface area (Å²) >= 11 is 2.22. The molecule has 1 saturated carbocycles. The van der Waals surface area contributed by atoms with Gasteiger partial charge in [-0.25, -0.2) is 0 Å². The molecule has 122 valence electrons. The van der Waals surface area contributed by atoms with E-state index in [0.717, 1.165) is 27.7 Å². The van der Waals surface area contributed by atoms with Gasteiger partial charge in [0.05, 0.1) is 0 Å². The molecule has 0 radical (unpaired) electrons. The largest absolute Gasteiger partial charge is 0.349 e. The molecule has 0 saturated heterocycles. The number of benzene rings is 2. The monoisotopic (exact) mass is 432 g/mol. The molecule has 0 bridgehead atoms. The van der Waals surface area contributed by atoms with Crippen LogP contribution in [0.5, 0.6) is 0 Å². The van der Waals surface area contributed by atoms with Crippen LogP contribution in [-0.2, 0) is 4.79 Å². The Morgan fingerprint density at radius 3 is 2.29 bits per heavy atom. The van der Waals surface area contributed by atoms with Crippen molar-refractivity contribution >= 4 is 46.2 Å². The molecule has 0 aromatic heterocycles. The topological polar surface area (TPSA) is 58.2 Å². The second kappa shape index (κ2) is 7.61. The lowest BCUT2D eigenvalue weighted by Gasteiger charge is -2.03. The minimum Gasteiger partial charge on any atom is -0.349 e. The zero-order chi connectivity index (χ0) is 16.9. The second-order valence-corrected chi connectivity index (χ2v) is 6.94. The Morgan fingerprint density at radius 2 is 1.67 bits per heavy atom. The van der Waals surface area contributed by atoms with Gasteiger partial charge >= 0.3 is 0 Å². The molecule has 24 heavy (non-hydrogen) atoms. The first-order chi connectivity index (χ1) is 11.6. The minimum atomic E-state index is -0.188. The third-order valence-electron chi connectivity index (χ3n) is 3.62. The first-order valence-corrected chi connectivity index (χ1v) is 8.83. The van der Waals surface area contributed by atoms with E-state index in [-0.39, 0.29) is 11.8 Å². The number of nitrogens with one attached hydrogen (secondary N) is 2. The second-order valence-electron chi connectivity index (χ2n) is 5.70. The molecule has 0 atom stereocenters. The summed E-state index contributed by atoms with van der Waals surface area (Å²) in [6.45, 7) is 0. The molecule has 1 aliphatic carbocycles. The highest BCUT2D eigenvalue weighted by atomic mass is 127. The molecular formula is C19H17IN2O2. The molecule has 0 unspecified atom stereocenters. The van der Waals surface area contributed by atoms with Crippen molar-refractivity contribution in [2.45, 2.75) is 18.9 Å². The normalized spacial score (nSPS) is 13.7. The van der Waals surface area contributed by atoms with E-state index >= 15 is 0 Å². The van der Waals surface area contributed by atoms with Crippen LogP contribution in [0.3, 0.4) is 0 Å². The molecule has 2 aromatic carbocycles. The van der Waals surface area contributed by atoms with Crippen LogP contribution >= 0.6 is 22.6 Å². The lowest BCUT2D eigenvalue weighted by Crippen LogP contribution is -2.25. The number of anilines is 1. The van der Waals surface area contributed by atoms with Crippen molar-refractivity contribution in [3.05, 3.63) is 69.3 Å². The van der Waals surface area contributed by atoms with Gasteiger partial charge < -0.3 is 10.6 Å². The predicted octanol–water partition coefficient (Wildman–Crippen LogP) is 3.84. The predicted molar refractivity (Wildman–Crippen MR) is 104 cm³/mol. The third kappa shape index (κ3) is 4.92. The third-order valence-corrected chi connectivity index (χ3v) is 4.34. The van der Waals surface area contributed by atoms with Gasteiger partial charge in [0.2, 0.25) is 5.91 Å². The van der Waals surface area contributed by atoms with E-state index < -0.39 is 0 Å². The van der Waals surface area contributed by atoms with Crippen LogP contribution in [0, 0.1) is 3.57 Å². The molecular weight excluding hydrogens is 415 g/mol. The fraction of sp³-hybridized carbons (Fsp3) is 0.158. The van der Waals surface area contributed by atoms with Crippen molar-refractivity contribution in [1.29, 1.82) is 0 Å². The van der Waals surface area contributed by atoms with Crippen molar-refractivity contribution in [2.24, 2.45) is 0 Å². The average molecular weight is 432 g/mol. The Bertz CT molecular complexity index is 763. The van der Waals surface area contributed by atoms with E-state index in [4.69, 9.17) is 0 Å². The SMILES string of the molecule is O=C(/C=C/c1ccc(C(=O)NC2CC2)cc1)Nc1ccc(I)cc1. The molecule has 2 aromatic rings. The van der Waals surface area contributed by atoms with Gasteiger partial charge in [-0.05, 0) is 83.5 Å². The van der Waals surface area contributed by atoms with E-state index in [1.165, 1.54) is 6.08 Å². The van der Waals surface area contributed by atoms with E-state index in [1.807, 2.05) is 36.4 Å². The molecule has 4 nitrogen and oxygen atoms in total.